The van der Waals surface area contributed by atoms with Crippen LogP contribution >= 0.6 is 0 Å². The van der Waals surface area contributed by atoms with Gasteiger partial charge in [-0.25, -0.2) is 4.79 Å². The number of hydrogen-bond donors (Lipinski definition) is 4. The second kappa shape index (κ2) is 11.3. The van der Waals surface area contributed by atoms with Crippen molar-refractivity contribution >= 4 is 17.8 Å². The Morgan fingerprint density at radius 2 is 1.94 bits per heavy atom. The van der Waals surface area contributed by atoms with E-state index < -0.39 is 36.2 Å². The third-order valence-electron chi connectivity index (χ3n) is 6.55. The molecule has 0 spiro atoms. The molecule has 1 fully saturated rings. The SMILES string of the molecule is CCCCCCC[C@H](NC(=O)N1CCC[C@H]1C(N)=O)C(=O)N[C@H]1c2ccccc2C[C@H]1O. The highest BCUT2D eigenvalue weighted by atomic mass is 16.3. The lowest BCUT2D eigenvalue weighted by Gasteiger charge is -2.27. The van der Waals surface area contributed by atoms with E-state index in [0.29, 0.717) is 32.2 Å². The third-order valence-corrected chi connectivity index (χ3v) is 6.55. The molecule has 1 aliphatic carbocycles. The molecule has 4 amide bonds. The van der Waals surface area contributed by atoms with Gasteiger partial charge in [0.05, 0.1) is 12.1 Å². The van der Waals surface area contributed by atoms with E-state index in [2.05, 4.69) is 17.6 Å². The summed E-state index contributed by atoms with van der Waals surface area (Å²) >= 11 is 0. The highest BCUT2D eigenvalue weighted by Crippen LogP contribution is 2.31. The lowest BCUT2D eigenvalue weighted by molar-refractivity contribution is -0.124. The van der Waals surface area contributed by atoms with Gasteiger partial charge < -0.3 is 26.4 Å². The molecule has 2 aliphatic rings. The van der Waals surface area contributed by atoms with E-state index in [1.54, 1.807) is 0 Å². The number of fused-ring (bicyclic) bond motifs is 1. The van der Waals surface area contributed by atoms with Gasteiger partial charge in [-0.15, -0.1) is 0 Å². The quantitative estimate of drug-likeness (QED) is 0.413. The normalized spacial score (nSPS) is 22.9. The van der Waals surface area contributed by atoms with Gasteiger partial charge in [-0.1, -0.05) is 63.3 Å². The minimum absolute atomic E-state index is 0.315. The van der Waals surface area contributed by atoms with Crippen LogP contribution in [0.2, 0.25) is 0 Å². The number of likely N-dealkylation sites (tertiary alicyclic amines) is 1. The standard InChI is InChI=1S/C24H36N4O4/c1-2-3-4-5-6-12-18(26-24(32)28-14-9-13-19(28)22(25)30)23(31)27-21-17-11-8-7-10-16(17)15-20(21)29/h7-8,10-11,18-21,29H,2-6,9,12-15H2,1H3,(H2,25,30)(H,26,32)(H,27,31)/t18-,19-,20+,21-/m0/s1. The maximum Gasteiger partial charge on any atom is 0.318 e. The number of hydrogen-bond acceptors (Lipinski definition) is 4. The lowest BCUT2D eigenvalue weighted by atomic mass is 10.0. The number of carbonyl (C=O) groups is 3. The molecule has 32 heavy (non-hydrogen) atoms. The Balaban J connectivity index is 1.67. The van der Waals surface area contributed by atoms with Crippen molar-refractivity contribution in [3.63, 3.8) is 0 Å². The zero-order chi connectivity index (χ0) is 23.1. The molecule has 0 unspecified atom stereocenters. The fourth-order valence-corrected chi connectivity index (χ4v) is 4.76. The second-order valence-electron chi connectivity index (χ2n) is 8.92. The van der Waals surface area contributed by atoms with Gasteiger partial charge in [-0.3, -0.25) is 9.59 Å². The van der Waals surface area contributed by atoms with E-state index in [-0.39, 0.29) is 5.91 Å². The van der Waals surface area contributed by atoms with Gasteiger partial charge in [-0.2, -0.15) is 0 Å². The van der Waals surface area contributed by atoms with Gasteiger partial charge in [-0.05, 0) is 30.4 Å². The molecule has 3 rings (SSSR count). The molecule has 4 atom stereocenters. The summed E-state index contributed by atoms with van der Waals surface area (Å²) in [7, 11) is 0. The Hall–Kier alpha value is -2.61. The van der Waals surface area contributed by atoms with Gasteiger partial charge in [0.15, 0.2) is 0 Å². The van der Waals surface area contributed by atoms with Gasteiger partial charge in [0.1, 0.15) is 12.1 Å². The summed E-state index contributed by atoms with van der Waals surface area (Å²) in [5.74, 6) is -0.840. The van der Waals surface area contributed by atoms with Gasteiger partial charge >= 0.3 is 6.03 Å². The van der Waals surface area contributed by atoms with E-state index in [1.807, 2.05) is 24.3 Å². The maximum absolute atomic E-state index is 13.2. The van der Waals surface area contributed by atoms with Crippen LogP contribution in [0.1, 0.15) is 75.5 Å². The van der Waals surface area contributed by atoms with E-state index in [0.717, 1.165) is 43.2 Å². The van der Waals surface area contributed by atoms with Crippen LogP contribution in [0.15, 0.2) is 24.3 Å². The van der Waals surface area contributed by atoms with Crippen molar-refractivity contribution in [1.82, 2.24) is 15.5 Å². The van der Waals surface area contributed by atoms with E-state index >= 15 is 0 Å². The van der Waals surface area contributed by atoms with E-state index in [9.17, 15) is 19.5 Å². The number of aliphatic hydroxyl groups is 1. The van der Waals surface area contributed by atoms with Crippen LogP contribution in [0, 0.1) is 0 Å². The Bertz CT molecular complexity index is 815. The fraction of sp³-hybridized carbons (Fsp3) is 0.625. The molecule has 0 radical (unpaired) electrons. The van der Waals surface area contributed by atoms with Crippen LogP contribution in [-0.2, 0) is 16.0 Å². The zero-order valence-electron chi connectivity index (χ0n) is 18.9. The van der Waals surface area contributed by atoms with Crippen molar-refractivity contribution in [3.8, 4) is 0 Å². The minimum atomic E-state index is -0.738. The zero-order valence-corrected chi connectivity index (χ0v) is 18.9. The molecule has 8 heteroatoms. The summed E-state index contributed by atoms with van der Waals surface area (Å²) in [4.78, 5) is 39.2. The largest absolute Gasteiger partial charge is 0.390 e. The summed E-state index contributed by atoms with van der Waals surface area (Å²) in [6.07, 6.45) is 6.69. The molecule has 1 saturated heterocycles. The predicted octanol–water partition coefficient (Wildman–Crippen LogP) is 2.15. The van der Waals surface area contributed by atoms with Crippen LogP contribution < -0.4 is 16.4 Å². The molecular weight excluding hydrogens is 408 g/mol. The molecule has 0 bridgehead atoms. The van der Waals surface area contributed by atoms with Crippen molar-refractivity contribution in [2.45, 2.75) is 88.9 Å². The molecule has 1 aromatic carbocycles. The molecular formula is C24H36N4O4. The number of urea groups is 1. The van der Waals surface area contributed by atoms with Crippen molar-refractivity contribution in [2.24, 2.45) is 5.73 Å². The minimum Gasteiger partial charge on any atom is -0.390 e. The summed E-state index contributed by atoms with van der Waals surface area (Å²) < 4.78 is 0. The van der Waals surface area contributed by atoms with Crippen LogP contribution in [0.5, 0.6) is 0 Å². The number of aliphatic hydroxyl groups excluding tert-OH is 1. The molecule has 176 valence electrons. The average molecular weight is 445 g/mol. The predicted molar refractivity (Wildman–Crippen MR) is 122 cm³/mol. The number of benzene rings is 1. The monoisotopic (exact) mass is 444 g/mol. The number of carbonyl (C=O) groups excluding carboxylic acids is 3. The van der Waals surface area contributed by atoms with Gasteiger partial charge in [0, 0.05) is 13.0 Å². The van der Waals surface area contributed by atoms with Crippen molar-refractivity contribution in [3.05, 3.63) is 35.4 Å². The van der Waals surface area contributed by atoms with Crippen LogP contribution in [0.3, 0.4) is 0 Å². The average Bonchev–Trinajstić information content (AvgIpc) is 3.38. The Morgan fingerprint density at radius 3 is 2.69 bits per heavy atom. The smallest absolute Gasteiger partial charge is 0.318 e. The Labute approximate surface area is 189 Å². The first kappa shape index (κ1) is 24.0. The van der Waals surface area contributed by atoms with Crippen LogP contribution in [-0.4, -0.2) is 52.6 Å². The first-order chi connectivity index (χ1) is 15.4. The van der Waals surface area contributed by atoms with Crippen LogP contribution in [0.25, 0.3) is 0 Å². The number of nitrogens with one attached hydrogen (secondary N) is 2. The highest BCUT2D eigenvalue weighted by Gasteiger charge is 2.36. The van der Waals surface area contributed by atoms with Gasteiger partial charge in [0.25, 0.3) is 0 Å². The first-order valence-electron chi connectivity index (χ1n) is 11.8. The molecule has 1 aliphatic heterocycles. The number of primary amides is 1. The summed E-state index contributed by atoms with van der Waals surface area (Å²) in [6.45, 7) is 2.59. The molecule has 5 N–H and O–H groups in total. The molecule has 1 heterocycles. The number of amides is 4. The number of nitrogens with two attached hydrogens (primary N) is 1. The number of unbranched alkanes of at least 4 members (excludes halogenated alkanes) is 4. The number of rotatable bonds is 10. The van der Waals surface area contributed by atoms with E-state index in [4.69, 9.17) is 5.73 Å². The van der Waals surface area contributed by atoms with E-state index in [1.165, 1.54) is 4.90 Å². The second-order valence-corrected chi connectivity index (χ2v) is 8.92. The summed E-state index contributed by atoms with van der Waals surface area (Å²) in [5.41, 5.74) is 7.38. The van der Waals surface area contributed by atoms with Crippen LogP contribution in [0.4, 0.5) is 4.79 Å². The molecule has 0 aromatic heterocycles. The Kier molecular flexibility index (Phi) is 8.50. The summed E-state index contributed by atoms with van der Waals surface area (Å²) in [5, 5.41) is 16.3. The highest BCUT2D eigenvalue weighted by molar-refractivity contribution is 5.90. The third kappa shape index (κ3) is 5.79. The van der Waals surface area contributed by atoms with Crippen molar-refractivity contribution in [2.75, 3.05) is 6.54 Å². The molecule has 1 aromatic rings. The molecule has 0 saturated carbocycles. The van der Waals surface area contributed by atoms with Gasteiger partial charge in [0.2, 0.25) is 11.8 Å². The molecule has 8 nitrogen and oxygen atoms in total. The lowest BCUT2D eigenvalue weighted by Crippen LogP contribution is -2.54. The summed E-state index contributed by atoms with van der Waals surface area (Å²) in [6, 6.07) is 5.37. The maximum atomic E-state index is 13.2. The fourth-order valence-electron chi connectivity index (χ4n) is 4.76. The number of nitrogens with zero attached hydrogens (tertiary/aromatic N) is 1. The Morgan fingerprint density at radius 1 is 1.19 bits per heavy atom. The first-order valence-corrected chi connectivity index (χ1v) is 11.8. The topological polar surface area (TPSA) is 125 Å². The van der Waals surface area contributed by atoms with Crippen molar-refractivity contribution in [1.29, 1.82) is 0 Å². The van der Waals surface area contributed by atoms with Crippen molar-refractivity contribution < 1.29 is 19.5 Å².